The summed E-state index contributed by atoms with van der Waals surface area (Å²) >= 11 is 0. The van der Waals surface area contributed by atoms with E-state index in [-0.39, 0.29) is 18.9 Å². The number of azide groups is 1. The maximum atomic E-state index is 11.3. The molecule has 0 heterocycles. The van der Waals surface area contributed by atoms with Gasteiger partial charge in [0.05, 0.1) is 19.6 Å². The fourth-order valence-corrected chi connectivity index (χ4v) is 1.36. The van der Waals surface area contributed by atoms with E-state index in [1.165, 1.54) is 0 Å². The summed E-state index contributed by atoms with van der Waals surface area (Å²) in [5.74, 6) is -0.268. The largest absolute Gasteiger partial charge is 0.466 e. The Morgan fingerprint density at radius 2 is 2.12 bits per heavy atom. The van der Waals surface area contributed by atoms with Crippen molar-refractivity contribution >= 4 is 5.97 Å². The van der Waals surface area contributed by atoms with Gasteiger partial charge in [-0.25, -0.2) is 0 Å². The molecule has 5 nitrogen and oxygen atoms in total. The van der Waals surface area contributed by atoms with Crippen molar-refractivity contribution in [1.29, 1.82) is 0 Å². The number of ether oxygens (including phenoxy) is 1. The number of nitrogens with zero attached hydrogens (tertiary/aromatic N) is 3. The van der Waals surface area contributed by atoms with Crippen LogP contribution < -0.4 is 0 Å². The lowest BCUT2D eigenvalue weighted by Crippen LogP contribution is -2.09. The molecule has 1 aromatic rings. The first-order valence-electron chi connectivity index (χ1n) is 5.01. The summed E-state index contributed by atoms with van der Waals surface area (Å²) in [5.41, 5.74) is 9.95. The van der Waals surface area contributed by atoms with Crippen LogP contribution in [0.4, 0.5) is 0 Å². The van der Waals surface area contributed by atoms with Crippen molar-refractivity contribution in [2.24, 2.45) is 5.11 Å². The zero-order valence-electron chi connectivity index (χ0n) is 9.09. The van der Waals surface area contributed by atoms with Crippen LogP contribution in [0.2, 0.25) is 0 Å². The molecule has 0 aliphatic carbocycles. The van der Waals surface area contributed by atoms with Crippen LogP contribution in [0.25, 0.3) is 10.4 Å². The molecule has 1 rings (SSSR count). The van der Waals surface area contributed by atoms with E-state index in [2.05, 4.69) is 10.0 Å². The number of rotatable bonds is 5. The smallest absolute Gasteiger partial charge is 0.310 e. The minimum Gasteiger partial charge on any atom is -0.466 e. The van der Waals surface area contributed by atoms with Gasteiger partial charge in [-0.05, 0) is 23.6 Å². The predicted molar refractivity (Wildman–Crippen MR) is 59.6 cm³/mol. The quantitative estimate of drug-likeness (QED) is 0.330. The molecule has 0 aliphatic heterocycles. The first kappa shape index (κ1) is 12.1. The molecule has 16 heavy (non-hydrogen) atoms. The van der Waals surface area contributed by atoms with Crippen LogP contribution in [0.3, 0.4) is 0 Å². The molecule has 0 amide bonds. The van der Waals surface area contributed by atoms with Gasteiger partial charge < -0.3 is 4.74 Å². The minimum absolute atomic E-state index is 0.213. The molecule has 0 fully saturated rings. The van der Waals surface area contributed by atoms with Gasteiger partial charge in [0.15, 0.2) is 0 Å². The number of carbonyl (C=O) groups excluding carboxylic acids is 1. The average molecular weight is 219 g/mol. The Bertz CT molecular complexity index is 411. The van der Waals surface area contributed by atoms with Crippen LogP contribution in [-0.4, -0.2) is 12.6 Å². The van der Waals surface area contributed by atoms with Gasteiger partial charge in [-0.15, -0.1) is 0 Å². The summed E-state index contributed by atoms with van der Waals surface area (Å²) in [6.45, 7) is 2.40. The second-order valence-electron chi connectivity index (χ2n) is 3.14. The SMILES string of the molecule is CCOC(=O)Cc1ccccc1CN=[N+]=[N-]. The molecule has 0 radical (unpaired) electrons. The van der Waals surface area contributed by atoms with Gasteiger partial charge in [-0.3, -0.25) is 4.79 Å². The summed E-state index contributed by atoms with van der Waals surface area (Å²) < 4.78 is 4.86. The Morgan fingerprint density at radius 3 is 2.75 bits per heavy atom. The number of esters is 1. The Kier molecular flexibility index (Phi) is 4.89. The van der Waals surface area contributed by atoms with E-state index in [9.17, 15) is 4.79 Å². The molecule has 0 spiro atoms. The summed E-state index contributed by atoms with van der Waals surface area (Å²) in [4.78, 5) is 14.0. The minimum atomic E-state index is -0.268. The zero-order valence-corrected chi connectivity index (χ0v) is 9.09. The predicted octanol–water partition coefficient (Wildman–Crippen LogP) is 2.60. The second-order valence-corrected chi connectivity index (χ2v) is 3.14. The fourth-order valence-electron chi connectivity index (χ4n) is 1.36. The van der Waals surface area contributed by atoms with Gasteiger partial charge in [0.2, 0.25) is 0 Å². The summed E-state index contributed by atoms with van der Waals surface area (Å²) in [7, 11) is 0. The highest BCUT2D eigenvalue weighted by Crippen LogP contribution is 2.11. The van der Waals surface area contributed by atoms with E-state index in [4.69, 9.17) is 10.3 Å². The Labute approximate surface area is 93.7 Å². The van der Waals surface area contributed by atoms with Crippen molar-refractivity contribution < 1.29 is 9.53 Å². The Morgan fingerprint density at radius 1 is 1.44 bits per heavy atom. The van der Waals surface area contributed by atoms with Crippen molar-refractivity contribution in [2.75, 3.05) is 6.61 Å². The van der Waals surface area contributed by atoms with Crippen molar-refractivity contribution in [2.45, 2.75) is 19.9 Å². The molecule has 0 aliphatic rings. The topological polar surface area (TPSA) is 75.1 Å². The first-order chi connectivity index (χ1) is 7.77. The maximum absolute atomic E-state index is 11.3. The lowest BCUT2D eigenvalue weighted by molar-refractivity contribution is -0.142. The van der Waals surface area contributed by atoms with Gasteiger partial charge in [0.25, 0.3) is 0 Å². The summed E-state index contributed by atoms with van der Waals surface area (Å²) in [6.07, 6.45) is 0.213. The Balaban J connectivity index is 2.77. The third kappa shape index (κ3) is 3.63. The van der Waals surface area contributed by atoms with Crippen LogP contribution >= 0.6 is 0 Å². The molecule has 1 aromatic carbocycles. The highest BCUT2D eigenvalue weighted by Gasteiger charge is 2.07. The van der Waals surface area contributed by atoms with Crippen molar-refractivity contribution in [3.8, 4) is 0 Å². The highest BCUT2D eigenvalue weighted by molar-refractivity contribution is 5.73. The molecular weight excluding hydrogens is 206 g/mol. The fraction of sp³-hybridized carbons (Fsp3) is 0.364. The van der Waals surface area contributed by atoms with E-state index in [1.54, 1.807) is 6.92 Å². The molecule has 0 aromatic heterocycles. The van der Waals surface area contributed by atoms with E-state index in [1.807, 2.05) is 24.3 Å². The summed E-state index contributed by atoms with van der Waals surface area (Å²) in [5, 5.41) is 3.48. The van der Waals surface area contributed by atoms with Gasteiger partial charge in [-0.2, -0.15) is 0 Å². The van der Waals surface area contributed by atoms with Crippen molar-refractivity contribution in [3.63, 3.8) is 0 Å². The molecule has 0 unspecified atom stereocenters. The highest BCUT2D eigenvalue weighted by atomic mass is 16.5. The summed E-state index contributed by atoms with van der Waals surface area (Å²) in [6, 6.07) is 7.35. The van der Waals surface area contributed by atoms with Crippen LogP contribution in [-0.2, 0) is 22.5 Å². The number of carbonyl (C=O) groups is 1. The van der Waals surface area contributed by atoms with Crippen LogP contribution in [0.5, 0.6) is 0 Å². The van der Waals surface area contributed by atoms with Gasteiger partial charge in [0, 0.05) is 4.91 Å². The van der Waals surface area contributed by atoms with Crippen LogP contribution in [0, 0.1) is 0 Å². The number of benzene rings is 1. The number of hydrogen-bond donors (Lipinski definition) is 0. The van der Waals surface area contributed by atoms with Crippen LogP contribution in [0.1, 0.15) is 18.1 Å². The monoisotopic (exact) mass is 219 g/mol. The normalized spacial score (nSPS) is 9.31. The molecule has 5 heteroatoms. The molecule has 0 N–H and O–H groups in total. The van der Waals surface area contributed by atoms with Gasteiger partial charge in [-0.1, -0.05) is 29.4 Å². The Hall–Kier alpha value is -2.00. The van der Waals surface area contributed by atoms with E-state index >= 15 is 0 Å². The third-order valence-corrected chi connectivity index (χ3v) is 2.06. The van der Waals surface area contributed by atoms with E-state index in [0.717, 1.165) is 11.1 Å². The average Bonchev–Trinajstić information content (AvgIpc) is 2.28. The molecular formula is C11H13N3O2. The van der Waals surface area contributed by atoms with Crippen LogP contribution in [0.15, 0.2) is 29.4 Å². The number of hydrogen-bond acceptors (Lipinski definition) is 3. The molecule has 0 atom stereocenters. The van der Waals surface area contributed by atoms with Crippen molar-refractivity contribution in [1.82, 2.24) is 0 Å². The van der Waals surface area contributed by atoms with Crippen molar-refractivity contribution in [3.05, 3.63) is 45.8 Å². The third-order valence-electron chi connectivity index (χ3n) is 2.06. The zero-order chi connectivity index (χ0) is 11.8. The molecule has 0 saturated carbocycles. The lowest BCUT2D eigenvalue weighted by atomic mass is 10.1. The van der Waals surface area contributed by atoms with E-state index < -0.39 is 0 Å². The van der Waals surface area contributed by atoms with E-state index in [0.29, 0.717) is 6.61 Å². The maximum Gasteiger partial charge on any atom is 0.310 e. The molecule has 0 bridgehead atoms. The standard InChI is InChI=1S/C11H13N3O2/c1-2-16-11(15)7-9-5-3-4-6-10(9)8-13-14-12/h3-6H,2,7-8H2,1H3. The first-order valence-corrected chi connectivity index (χ1v) is 5.01. The molecule has 0 saturated heterocycles. The van der Waals surface area contributed by atoms with Gasteiger partial charge in [0.1, 0.15) is 0 Å². The lowest BCUT2D eigenvalue weighted by Gasteiger charge is -2.06. The second kappa shape index (κ2) is 6.48. The van der Waals surface area contributed by atoms with Gasteiger partial charge >= 0.3 is 5.97 Å². The molecule has 84 valence electrons.